The van der Waals surface area contributed by atoms with Gasteiger partial charge in [0.25, 0.3) is 0 Å². The summed E-state index contributed by atoms with van der Waals surface area (Å²) in [6.45, 7) is 2.71. The molecule has 2 rings (SSSR count). The fraction of sp³-hybridized carbons (Fsp3) is 0.562. The van der Waals surface area contributed by atoms with Crippen LogP contribution in [0.25, 0.3) is 0 Å². The zero-order valence-electron chi connectivity index (χ0n) is 13.1. The minimum absolute atomic E-state index is 0.0222. The molecule has 21 heavy (non-hydrogen) atoms. The maximum Gasteiger partial charge on any atom is 0.237 e. The molecule has 5 nitrogen and oxygen atoms in total. The van der Waals surface area contributed by atoms with Crippen LogP contribution in [0.15, 0.2) is 24.3 Å². The standard InChI is InChI=1S/C16H25N3O2/c1-4-18-16(15(17)20)9-8-14(11-16)21-13-7-5-6-12(10-13)19(2)3/h5-7,10,14,18H,4,8-9,11H2,1-3H3,(H2,17,20). The third-order valence-electron chi connectivity index (χ3n) is 4.09. The fourth-order valence-corrected chi connectivity index (χ4v) is 2.94. The van der Waals surface area contributed by atoms with Crippen LogP contribution in [0.4, 0.5) is 5.69 Å². The number of hydrogen-bond acceptors (Lipinski definition) is 4. The van der Waals surface area contributed by atoms with Crippen LogP contribution in [-0.4, -0.2) is 38.2 Å². The predicted octanol–water partition coefficient (Wildman–Crippen LogP) is 1.52. The summed E-state index contributed by atoms with van der Waals surface area (Å²) in [7, 11) is 4.00. The first kappa shape index (κ1) is 15.6. The molecule has 0 spiro atoms. The number of rotatable bonds is 6. The number of likely N-dealkylation sites (N-methyl/N-ethyl adjacent to an activating group) is 1. The molecule has 2 unspecified atom stereocenters. The molecule has 1 aliphatic carbocycles. The Balaban J connectivity index is 2.05. The van der Waals surface area contributed by atoms with Crippen molar-refractivity contribution in [1.29, 1.82) is 0 Å². The van der Waals surface area contributed by atoms with Gasteiger partial charge in [0.05, 0.1) is 0 Å². The highest BCUT2D eigenvalue weighted by Crippen LogP contribution is 2.33. The molecular formula is C16H25N3O2. The number of anilines is 1. The van der Waals surface area contributed by atoms with Gasteiger partial charge >= 0.3 is 0 Å². The van der Waals surface area contributed by atoms with Gasteiger partial charge in [-0.3, -0.25) is 4.79 Å². The Morgan fingerprint density at radius 2 is 2.29 bits per heavy atom. The van der Waals surface area contributed by atoms with E-state index in [1.807, 2.05) is 50.2 Å². The van der Waals surface area contributed by atoms with Crippen molar-refractivity contribution < 1.29 is 9.53 Å². The van der Waals surface area contributed by atoms with E-state index in [9.17, 15) is 4.79 Å². The number of primary amides is 1. The van der Waals surface area contributed by atoms with Gasteiger partial charge in [-0.25, -0.2) is 0 Å². The topological polar surface area (TPSA) is 67.6 Å². The van der Waals surface area contributed by atoms with Crippen LogP contribution < -0.4 is 20.7 Å². The van der Waals surface area contributed by atoms with E-state index in [1.165, 1.54) is 0 Å². The Kier molecular flexibility index (Phi) is 4.73. The molecule has 3 N–H and O–H groups in total. The fourth-order valence-electron chi connectivity index (χ4n) is 2.94. The van der Waals surface area contributed by atoms with Gasteiger partial charge in [-0.2, -0.15) is 0 Å². The summed E-state index contributed by atoms with van der Waals surface area (Å²) in [5.41, 5.74) is 6.06. The first-order chi connectivity index (χ1) is 9.97. The largest absolute Gasteiger partial charge is 0.490 e. The van der Waals surface area contributed by atoms with Crippen LogP contribution in [0, 0.1) is 0 Å². The Hall–Kier alpha value is -1.75. The Morgan fingerprint density at radius 1 is 1.52 bits per heavy atom. The lowest BCUT2D eigenvalue weighted by molar-refractivity contribution is -0.124. The second-order valence-electron chi connectivity index (χ2n) is 5.85. The summed E-state index contributed by atoms with van der Waals surface area (Å²) in [5.74, 6) is 0.556. The minimum atomic E-state index is -0.613. The van der Waals surface area contributed by atoms with E-state index in [2.05, 4.69) is 5.32 Å². The lowest BCUT2D eigenvalue weighted by Gasteiger charge is -2.26. The molecular weight excluding hydrogens is 266 g/mol. The molecule has 1 saturated carbocycles. The van der Waals surface area contributed by atoms with Crippen molar-refractivity contribution in [2.24, 2.45) is 5.73 Å². The predicted molar refractivity (Wildman–Crippen MR) is 84.6 cm³/mol. The Morgan fingerprint density at radius 3 is 2.90 bits per heavy atom. The highest BCUT2D eigenvalue weighted by molar-refractivity contribution is 5.85. The number of benzene rings is 1. The van der Waals surface area contributed by atoms with E-state index in [0.717, 1.165) is 30.8 Å². The first-order valence-electron chi connectivity index (χ1n) is 7.46. The van der Waals surface area contributed by atoms with Crippen LogP contribution in [-0.2, 0) is 4.79 Å². The Bertz CT molecular complexity index is 504. The maximum atomic E-state index is 11.8. The number of carbonyl (C=O) groups is 1. The van der Waals surface area contributed by atoms with Gasteiger partial charge in [0.15, 0.2) is 0 Å². The van der Waals surface area contributed by atoms with Gasteiger partial charge in [-0.05, 0) is 31.5 Å². The van der Waals surface area contributed by atoms with Gasteiger partial charge in [-0.15, -0.1) is 0 Å². The summed E-state index contributed by atoms with van der Waals surface area (Å²) < 4.78 is 6.04. The van der Waals surface area contributed by atoms with E-state index in [0.29, 0.717) is 6.42 Å². The Labute approximate surface area is 126 Å². The highest BCUT2D eigenvalue weighted by Gasteiger charge is 2.44. The molecule has 0 saturated heterocycles. The van der Waals surface area contributed by atoms with Crippen molar-refractivity contribution in [3.63, 3.8) is 0 Å². The smallest absolute Gasteiger partial charge is 0.237 e. The van der Waals surface area contributed by atoms with Crippen LogP contribution >= 0.6 is 0 Å². The summed E-state index contributed by atoms with van der Waals surface area (Å²) in [6.07, 6.45) is 2.22. The number of ether oxygens (including phenoxy) is 1. The van der Waals surface area contributed by atoms with Crippen molar-refractivity contribution in [2.75, 3.05) is 25.5 Å². The molecule has 1 aromatic rings. The van der Waals surface area contributed by atoms with Gasteiger partial charge < -0.3 is 20.7 Å². The summed E-state index contributed by atoms with van der Waals surface area (Å²) in [6, 6.07) is 7.97. The van der Waals surface area contributed by atoms with Crippen molar-refractivity contribution in [2.45, 2.75) is 37.8 Å². The van der Waals surface area contributed by atoms with Crippen LogP contribution in [0.3, 0.4) is 0 Å². The number of nitrogens with two attached hydrogens (primary N) is 1. The molecule has 0 aromatic heterocycles. The number of nitrogens with one attached hydrogen (secondary N) is 1. The van der Waals surface area contributed by atoms with E-state index in [4.69, 9.17) is 10.5 Å². The van der Waals surface area contributed by atoms with Crippen LogP contribution in [0.2, 0.25) is 0 Å². The second kappa shape index (κ2) is 6.35. The monoisotopic (exact) mass is 291 g/mol. The van der Waals surface area contributed by atoms with Crippen molar-refractivity contribution in [3.05, 3.63) is 24.3 Å². The minimum Gasteiger partial charge on any atom is -0.490 e. The lowest BCUT2D eigenvalue weighted by atomic mass is 9.96. The average molecular weight is 291 g/mol. The number of amides is 1. The van der Waals surface area contributed by atoms with Gasteiger partial charge in [0.2, 0.25) is 5.91 Å². The maximum absolute atomic E-state index is 11.8. The third kappa shape index (κ3) is 3.47. The zero-order valence-corrected chi connectivity index (χ0v) is 13.1. The summed E-state index contributed by atoms with van der Waals surface area (Å²) >= 11 is 0. The third-order valence-corrected chi connectivity index (χ3v) is 4.09. The van der Waals surface area contributed by atoms with E-state index < -0.39 is 5.54 Å². The van der Waals surface area contributed by atoms with Crippen molar-refractivity contribution in [3.8, 4) is 5.75 Å². The molecule has 0 radical (unpaired) electrons. The molecule has 1 aromatic carbocycles. The molecule has 2 atom stereocenters. The number of nitrogens with zero attached hydrogens (tertiary/aromatic N) is 1. The average Bonchev–Trinajstić information content (AvgIpc) is 2.84. The molecule has 5 heteroatoms. The van der Waals surface area contributed by atoms with Crippen molar-refractivity contribution in [1.82, 2.24) is 5.32 Å². The highest BCUT2D eigenvalue weighted by atomic mass is 16.5. The summed E-state index contributed by atoms with van der Waals surface area (Å²) in [4.78, 5) is 13.8. The number of hydrogen-bond donors (Lipinski definition) is 2. The van der Waals surface area contributed by atoms with Gasteiger partial charge in [0.1, 0.15) is 17.4 Å². The molecule has 0 bridgehead atoms. The normalized spacial score (nSPS) is 24.8. The van der Waals surface area contributed by atoms with Gasteiger partial charge in [0, 0.05) is 32.3 Å². The van der Waals surface area contributed by atoms with Crippen LogP contribution in [0.1, 0.15) is 26.2 Å². The molecule has 0 heterocycles. The van der Waals surface area contributed by atoms with Crippen molar-refractivity contribution >= 4 is 11.6 Å². The second-order valence-corrected chi connectivity index (χ2v) is 5.85. The molecule has 116 valence electrons. The molecule has 1 aliphatic rings. The SMILES string of the molecule is CCNC1(C(N)=O)CCC(Oc2cccc(N(C)C)c2)C1. The lowest BCUT2D eigenvalue weighted by Crippen LogP contribution is -2.54. The van der Waals surface area contributed by atoms with E-state index in [1.54, 1.807) is 0 Å². The van der Waals surface area contributed by atoms with E-state index in [-0.39, 0.29) is 12.0 Å². The first-order valence-corrected chi connectivity index (χ1v) is 7.46. The molecule has 1 fully saturated rings. The van der Waals surface area contributed by atoms with E-state index >= 15 is 0 Å². The molecule has 0 aliphatic heterocycles. The summed E-state index contributed by atoms with van der Waals surface area (Å²) in [5, 5.41) is 3.24. The zero-order chi connectivity index (χ0) is 15.5. The van der Waals surface area contributed by atoms with Crippen LogP contribution in [0.5, 0.6) is 5.75 Å². The van der Waals surface area contributed by atoms with Gasteiger partial charge in [-0.1, -0.05) is 13.0 Å². The molecule has 1 amide bonds. The number of carbonyl (C=O) groups excluding carboxylic acids is 1. The quantitative estimate of drug-likeness (QED) is 0.834.